The van der Waals surface area contributed by atoms with Crippen LogP contribution in [0, 0.1) is 11.8 Å². The first-order valence-corrected chi connectivity index (χ1v) is 17.9. The second-order valence-corrected chi connectivity index (χ2v) is 12.6. The van der Waals surface area contributed by atoms with Crippen LogP contribution in [0.1, 0.15) is 79.1 Å². The van der Waals surface area contributed by atoms with Gasteiger partial charge in [0.2, 0.25) is 29.5 Å². The van der Waals surface area contributed by atoms with Crippen LogP contribution < -0.4 is 27.0 Å². The standard InChI is InChI=1S/C34H60N6O11/c1-5-6-8-26-23-30(44)40(33(26)46)14-10-28(42)36-13-16-49-18-20-51-22-21-50-19-17-48-15-11-29(43)39-31(24(2)3)32(45)38-27(25(4)41)9-7-12-37-34(35)47/h24,26-27,31H,5-23H2,1-4H3,(H,36,42)(H,38,45)(H,39,43)(H3,35,37,47)/t26?,27-,31-/m0/s1. The molecular weight excluding hydrogens is 668 g/mol. The average Bonchev–Trinajstić information content (AvgIpc) is 3.35. The third kappa shape index (κ3) is 20.7. The summed E-state index contributed by atoms with van der Waals surface area (Å²) in [6.45, 7) is 10.0. The quantitative estimate of drug-likeness (QED) is 0.0494. The van der Waals surface area contributed by atoms with E-state index in [-0.39, 0.29) is 86.8 Å². The Labute approximate surface area is 301 Å². The number of nitrogens with zero attached hydrogens (tertiary/aromatic N) is 1. The highest BCUT2D eigenvalue weighted by Crippen LogP contribution is 2.24. The van der Waals surface area contributed by atoms with Gasteiger partial charge in [0.25, 0.3) is 0 Å². The molecule has 17 heteroatoms. The molecule has 1 aliphatic heterocycles. The number of carbonyl (C=O) groups is 7. The topological polar surface area (TPSA) is 234 Å². The highest BCUT2D eigenvalue weighted by molar-refractivity contribution is 6.03. The molecule has 1 saturated heterocycles. The average molecular weight is 729 g/mol. The Kier molecular flexibility index (Phi) is 24.0. The lowest BCUT2D eigenvalue weighted by atomic mass is 10.0. The van der Waals surface area contributed by atoms with Crippen LogP contribution in [0.25, 0.3) is 0 Å². The number of hydrogen-bond acceptors (Lipinski definition) is 11. The van der Waals surface area contributed by atoms with E-state index >= 15 is 0 Å². The fraction of sp³-hybridized carbons (Fsp3) is 0.794. The van der Waals surface area contributed by atoms with Crippen molar-refractivity contribution < 1.29 is 52.5 Å². The van der Waals surface area contributed by atoms with E-state index in [4.69, 9.17) is 24.7 Å². The van der Waals surface area contributed by atoms with Gasteiger partial charge >= 0.3 is 6.03 Å². The fourth-order valence-electron chi connectivity index (χ4n) is 5.09. The van der Waals surface area contributed by atoms with Crippen LogP contribution in [0.2, 0.25) is 0 Å². The molecule has 3 atom stereocenters. The molecule has 7 amide bonds. The Balaban J connectivity index is 2.04. The summed E-state index contributed by atoms with van der Waals surface area (Å²) in [6.07, 6.45) is 3.67. The number of nitrogens with two attached hydrogens (primary N) is 1. The molecule has 0 bridgehead atoms. The SMILES string of the molecule is CCCCC1CC(=O)N(CCC(=O)NCCOCCOCCOCCOCCC(=O)N[C@H](C(=O)N[C@@H](CCCNC(N)=O)C(C)=O)C(C)C)C1=O. The Morgan fingerprint density at radius 1 is 0.804 bits per heavy atom. The molecule has 0 aliphatic carbocycles. The summed E-state index contributed by atoms with van der Waals surface area (Å²) < 4.78 is 21.8. The summed E-state index contributed by atoms with van der Waals surface area (Å²) in [7, 11) is 0. The Morgan fingerprint density at radius 2 is 1.41 bits per heavy atom. The molecule has 1 unspecified atom stereocenters. The first kappa shape index (κ1) is 45.4. The van der Waals surface area contributed by atoms with Crippen LogP contribution in [0.4, 0.5) is 4.79 Å². The van der Waals surface area contributed by atoms with Crippen molar-refractivity contribution >= 4 is 41.4 Å². The predicted molar refractivity (Wildman–Crippen MR) is 186 cm³/mol. The molecule has 0 spiro atoms. The molecule has 0 radical (unpaired) electrons. The highest BCUT2D eigenvalue weighted by atomic mass is 16.6. The van der Waals surface area contributed by atoms with Crippen LogP contribution in [-0.4, -0.2) is 131 Å². The Morgan fingerprint density at radius 3 is 1.98 bits per heavy atom. The van der Waals surface area contributed by atoms with Gasteiger partial charge in [-0.3, -0.25) is 33.7 Å². The largest absolute Gasteiger partial charge is 0.379 e. The van der Waals surface area contributed by atoms with Crippen molar-refractivity contribution in [1.82, 2.24) is 26.2 Å². The molecule has 0 aromatic carbocycles. The maximum Gasteiger partial charge on any atom is 0.312 e. The molecule has 1 fully saturated rings. The van der Waals surface area contributed by atoms with Crippen molar-refractivity contribution in [2.45, 2.75) is 91.1 Å². The number of rotatable bonds is 30. The van der Waals surface area contributed by atoms with E-state index in [2.05, 4.69) is 21.3 Å². The molecule has 1 rings (SSSR count). The monoisotopic (exact) mass is 728 g/mol. The van der Waals surface area contributed by atoms with Crippen molar-refractivity contribution in [2.24, 2.45) is 17.6 Å². The molecule has 1 heterocycles. The Hall–Kier alpha value is -3.67. The molecular formula is C34H60N6O11. The van der Waals surface area contributed by atoms with Crippen LogP contribution in [0.5, 0.6) is 0 Å². The van der Waals surface area contributed by atoms with Crippen LogP contribution in [0.15, 0.2) is 0 Å². The number of Topliss-reactive ketones (excluding diaryl/α,β-unsaturated/α-hetero) is 1. The second kappa shape index (κ2) is 27.0. The van der Waals surface area contributed by atoms with E-state index in [0.717, 1.165) is 12.8 Å². The van der Waals surface area contributed by atoms with Crippen molar-refractivity contribution in [3.63, 3.8) is 0 Å². The fourth-order valence-corrected chi connectivity index (χ4v) is 5.09. The van der Waals surface area contributed by atoms with E-state index in [0.29, 0.717) is 65.4 Å². The normalized spacial score (nSPS) is 15.5. The lowest BCUT2D eigenvalue weighted by Gasteiger charge is -2.24. The number of primary amides is 1. The van der Waals surface area contributed by atoms with Gasteiger partial charge < -0.3 is 45.9 Å². The van der Waals surface area contributed by atoms with Gasteiger partial charge in [-0.25, -0.2) is 4.79 Å². The molecule has 6 N–H and O–H groups in total. The molecule has 0 saturated carbocycles. The van der Waals surface area contributed by atoms with E-state index in [1.165, 1.54) is 11.8 Å². The molecule has 292 valence electrons. The van der Waals surface area contributed by atoms with Gasteiger partial charge in [0.05, 0.1) is 58.9 Å². The van der Waals surface area contributed by atoms with Crippen LogP contribution >= 0.6 is 0 Å². The molecule has 17 nitrogen and oxygen atoms in total. The van der Waals surface area contributed by atoms with Crippen LogP contribution in [-0.2, 0) is 47.7 Å². The number of urea groups is 1. The number of imide groups is 1. The lowest BCUT2D eigenvalue weighted by molar-refractivity contribution is -0.139. The maximum atomic E-state index is 12.8. The van der Waals surface area contributed by atoms with Gasteiger partial charge in [-0.15, -0.1) is 0 Å². The van der Waals surface area contributed by atoms with Crippen LogP contribution in [0.3, 0.4) is 0 Å². The highest BCUT2D eigenvalue weighted by Gasteiger charge is 2.37. The zero-order valence-corrected chi connectivity index (χ0v) is 30.8. The molecule has 51 heavy (non-hydrogen) atoms. The van der Waals surface area contributed by atoms with E-state index in [9.17, 15) is 33.6 Å². The van der Waals surface area contributed by atoms with Gasteiger partial charge in [0.15, 0.2) is 5.78 Å². The van der Waals surface area contributed by atoms with Gasteiger partial charge in [-0.1, -0.05) is 33.6 Å². The number of ether oxygens (including phenoxy) is 4. The molecule has 1 aliphatic rings. The number of amides is 7. The van der Waals surface area contributed by atoms with Gasteiger partial charge in [-0.05, 0) is 32.1 Å². The minimum absolute atomic E-state index is 0.0401. The first-order valence-electron chi connectivity index (χ1n) is 17.9. The smallest absolute Gasteiger partial charge is 0.312 e. The lowest BCUT2D eigenvalue weighted by Crippen LogP contribution is -2.53. The molecule has 0 aromatic heterocycles. The molecule has 0 aromatic rings. The summed E-state index contributed by atoms with van der Waals surface area (Å²) >= 11 is 0. The van der Waals surface area contributed by atoms with Gasteiger partial charge in [0.1, 0.15) is 6.04 Å². The third-order valence-corrected chi connectivity index (χ3v) is 8.01. The third-order valence-electron chi connectivity index (χ3n) is 8.01. The maximum absolute atomic E-state index is 12.8. The predicted octanol–water partition coefficient (Wildman–Crippen LogP) is 0.178. The van der Waals surface area contributed by atoms with E-state index in [1.807, 2.05) is 6.92 Å². The van der Waals surface area contributed by atoms with Crippen molar-refractivity contribution in [1.29, 1.82) is 0 Å². The number of likely N-dealkylation sites (tertiary alicyclic amines) is 1. The summed E-state index contributed by atoms with van der Waals surface area (Å²) in [5.41, 5.74) is 5.03. The Bertz CT molecular complexity index is 1110. The number of hydrogen-bond donors (Lipinski definition) is 5. The number of unbranched alkanes of at least 4 members (excludes halogenated alkanes) is 1. The van der Waals surface area contributed by atoms with Crippen molar-refractivity contribution in [2.75, 3.05) is 72.5 Å². The number of carbonyl (C=O) groups excluding carboxylic acids is 7. The minimum atomic E-state index is -0.834. The second-order valence-electron chi connectivity index (χ2n) is 12.6. The zero-order valence-electron chi connectivity index (χ0n) is 30.8. The summed E-state index contributed by atoms with van der Waals surface area (Å²) in [6, 6.07) is -2.25. The minimum Gasteiger partial charge on any atom is -0.379 e. The van der Waals surface area contributed by atoms with E-state index < -0.39 is 24.0 Å². The van der Waals surface area contributed by atoms with Crippen molar-refractivity contribution in [3.8, 4) is 0 Å². The zero-order chi connectivity index (χ0) is 38.0. The van der Waals surface area contributed by atoms with Gasteiger partial charge in [0, 0.05) is 44.8 Å². The van der Waals surface area contributed by atoms with Gasteiger partial charge in [-0.2, -0.15) is 0 Å². The summed E-state index contributed by atoms with van der Waals surface area (Å²) in [5.74, 6) is -2.16. The van der Waals surface area contributed by atoms with E-state index in [1.54, 1.807) is 13.8 Å². The number of ketones is 1. The van der Waals surface area contributed by atoms with Crippen molar-refractivity contribution in [3.05, 3.63) is 0 Å². The first-order chi connectivity index (χ1) is 24.4. The summed E-state index contributed by atoms with van der Waals surface area (Å²) in [5, 5.41) is 10.5. The summed E-state index contributed by atoms with van der Waals surface area (Å²) in [4.78, 5) is 85.8. The number of nitrogens with one attached hydrogen (secondary N) is 4.